The SMILES string of the molecule is CC(C)OC(=O)CC(=O)C=Cc1ccccc1. The van der Waals surface area contributed by atoms with Gasteiger partial charge in [0.25, 0.3) is 0 Å². The Morgan fingerprint density at radius 3 is 2.47 bits per heavy atom. The molecule has 0 saturated heterocycles. The summed E-state index contributed by atoms with van der Waals surface area (Å²) in [5, 5.41) is 0. The first-order valence-corrected chi connectivity index (χ1v) is 5.53. The fourth-order valence-electron chi connectivity index (χ4n) is 1.26. The zero-order valence-corrected chi connectivity index (χ0v) is 10.1. The second-order valence-electron chi connectivity index (χ2n) is 3.93. The standard InChI is InChI=1S/C14H16O3/c1-11(2)17-14(16)10-13(15)9-8-12-6-4-3-5-7-12/h3-9,11H,10H2,1-2H3. The first-order valence-electron chi connectivity index (χ1n) is 5.53. The van der Waals surface area contributed by atoms with Crippen LogP contribution in [0, 0.1) is 0 Å². The molecule has 3 heteroatoms. The van der Waals surface area contributed by atoms with Gasteiger partial charge in [0.15, 0.2) is 5.78 Å². The van der Waals surface area contributed by atoms with Gasteiger partial charge in [0, 0.05) is 0 Å². The monoisotopic (exact) mass is 232 g/mol. The maximum Gasteiger partial charge on any atom is 0.313 e. The molecular weight excluding hydrogens is 216 g/mol. The van der Waals surface area contributed by atoms with Gasteiger partial charge in [-0.05, 0) is 25.5 Å². The minimum Gasteiger partial charge on any atom is -0.463 e. The van der Waals surface area contributed by atoms with Crippen LogP contribution in [0.3, 0.4) is 0 Å². The Kier molecular flexibility index (Phi) is 5.14. The van der Waals surface area contributed by atoms with E-state index in [1.165, 1.54) is 6.08 Å². The van der Waals surface area contributed by atoms with Crippen molar-refractivity contribution in [2.45, 2.75) is 26.4 Å². The molecule has 0 bridgehead atoms. The number of benzene rings is 1. The molecule has 0 aliphatic heterocycles. The summed E-state index contributed by atoms with van der Waals surface area (Å²) in [5.41, 5.74) is 0.929. The number of carbonyl (C=O) groups excluding carboxylic acids is 2. The van der Waals surface area contributed by atoms with Crippen molar-refractivity contribution in [3.63, 3.8) is 0 Å². The molecule has 90 valence electrons. The van der Waals surface area contributed by atoms with Gasteiger partial charge >= 0.3 is 5.97 Å². The lowest BCUT2D eigenvalue weighted by atomic mass is 10.2. The van der Waals surface area contributed by atoms with E-state index >= 15 is 0 Å². The number of ketones is 1. The van der Waals surface area contributed by atoms with Gasteiger partial charge in [-0.2, -0.15) is 0 Å². The number of hydrogen-bond donors (Lipinski definition) is 0. The first-order chi connectivity index (χ1) is 8.08. The summed E-state index contributed by atoms with van der Waals surface area (Å²) in [6, 6.07) is 9.44. The van der Waals surface area contributed by atoms with Crippen molar-refractivity contribution in [2.24, 2.45) is 0 Å². The molecule has 0 saturated carbocycles. The highest BCUT2D eigenvalue weighted by molar-refractivity contribution is 6.03. The van der Waals surface area contributed by atoms with E-state index in [9.17, 15) is 9.59 Å². The fraction of sp³-hybridized carbons (Fsp3) is 0.286. The molecule has 0 fully saturated rings. The maximum absolute atomic E-state index is 11.4. The van der Waals surface area contributed by atoms with Crippen LogP contribution in [0.4, 0.5) is 0 Å². The molecular formula is C14H16O3. The lowest BCUT2D eigenvalue weighted by Gasteiger charge is -2.05. The third-order valence-electron chi connectivity index (χ3n) is 1.95. The number of allylic oxidation sites excluding steroid dienone is 1. The van der Waals surface area contributed by atoms with Crippen molar-refractivity contribution in [1.29, 1.82) is 0 Å². The van der Waals surface area contributed by atoms with Crippen molar-refractivity contribution < 1.29 is 14.3 Å². The Morgan fingerprint density at radius 1 is 1.24 bits per heavy atom. The normalized spacial score (nSPS) is 10.8. The Balaban J connectivity index is 2.45. The molecule has 0 aromatic heterocycles. The molecule has 0 spiro atoms. The van der Waals surface area contributed by atoms with Gasteiger partial charge in [0.2, 0.25) is 0 Å². The fourth-order valence-corrected chi connectivity index (χ4v) is 1.26. The summed E-state index contributed by atoms with van der Waals surface area (Å²) < 4.78 is 4.88. The largest absolute Gasteiger partial charge is 0.463 e. The van der Waals surface area contributed by atoms with E-state index < -0.39 is 5.97 Å². The second-order valence-corrected chi connectivity index (χ2v) is 3.93. The van der Waals surface area contributed by atoms with E-state index in [0.717, 1.165) is 5.56 Å². The van der Waals surface area contributed by atoms with Gasteiger partial charge in [0.1, 0.15) is 6.42 Å². The molecule has 1 aromatic rings. The summed E-state index contributed by atoms with van der Waals surface area (Å²) in [5.74, 6) is -0.734. The van der Waals surface area contributed by atoms with Crippen LogP contribution >= 0.6 is 0 Å². The van der Waals surface area contributed by atoms with Crippen LogP contribution in [0.25, 0.3) is 6.08 Å². The smallest absolute Gasteiger partial charge is 0.313 e. The van der Waals surface area contributed by atoms with Crippen molar-refractivity contribution in [3.8, 4) is 0 Å². The van der Waals surface area contributed by atoms with Gasteiger partial charge in [0.05, 0.1) is 6.10 Å². The van der Waals surface area contributed by atoms with E-state index in [2.05, 4.69) is 0 Å². The lowest BCUT2D eigenvalue weighted by molar-refractivity contribution is -0.148. The highest BCUT2D eigenvalue weighted by Crippen LogP contribution is 2.02. The molecule has 0 radical (unpaired) electrons. The van der Waals surface area contributed by atoms with E-state index in [4.69, 9.17) is 4.74 Å². The highest BCUT2D eigenvalue weighted by atomic mass is 16.5. The van der Waals surface area contributed by atoms with E-state index in [1.54, 1.807) is 19.9 Å². The third kappa shape index (κ3) is 5.66. The van der Waals surface area contributed by atoms with E-state index in [0.29, 0.717) is 0 Å². The predicted molar refractivity (Wildman–Crippen MR) is 66.3 cm³/mol. The molecule has 0 amide bonds. The van der Waals surface area contributed by atoms with E-state index in [-0.39, 0.29) is 18.3 Å². The van der Waals surface area contributed by atoms with Crippen molar-refractivity contribution in [1.82, 2.24) is 0 Å². The van der Waals surface area contributed by atoms with Crippen molar-refractivity contribution in [2.75, 3.05) is 0 Å². The van der Waals surface area contributed by atoms with Crippen molar-refractivity contribution >= 4 is 17.8 Å². The van der Waals surface area contributed by atoms with Gasteiger partial charge in [-0.1, -0.05) is 36.4 Å². The summed E-state index contributed by atoms with van der Waals surface area (Å²) >= 11 is 0. The average Bonchev–Trinajstić information content (AvgIpc) is 2.26. The zero-order valence-electron chi connectivity index (χ0n) is 10.1. The Labute approximate surface area is 101 Å². The minimum atomic E-state index is -0.484. The predicted octanol–water partition coefficient (Wildman–Crippen LogP) is 2.61. The topological polar surface area (TPSA) is 43.4 Å². The number of esters is 1. The summed E-state index contributed by atoms with van der Waals surface area (Å²) in [7, 11) is 0. The van der Waals surface area contributed by atoms with Crippen LogP contribution in [0.1, 0.15) is 25.8 Å². The molecule has 0 atom stereocenters. The molecule has 1 aromatic carbocycles. The quantitative estimate of drug-likeness (QED) is 0.445. The summed E-state index contributed by atoms with van der Waals surface area (Å²) in [4.78, 5) is 22.6. The van der Waals surface area contributed by atoms with Crippen LogP contribution in [-0.2, 0) is 14.3 Å². The molecule has 0 N–H and O–H groups in total. The van der Waals surface area contributed by atoms with Crippen LogP contribution in [-0.4, -0.2) is 17.9 Å². The van der Waals surface area contributed by atoms with Crippen LogP contribution in [0.15, 0.2) is 36.4 Å². The second kappa shape index (κ2) is 6.63. The molecule has 0 aliphatic carbocycles. The van der Waals surface area contributed by atoms with Gasteiger partial charge < -0.3 is 4.74 Å². The molecule has 0 unspecified atom stereocenters. The Morgan fingerprint density at radius 2 is 1.88 bits per heavy atom. The number of ether oxygens (including phenoxy) is 1. The maximum atomic E-state index is 11.4. The van der Waals surface area contributed by atoms with Gasteiger partial charge in [-0.25, -0.2) is 0 Å². The third-order valence-corrected chi connectivity index (χ3v) is 1.95. The van der Waals surface area contributed by atoms with Crippen LogP contribution < -0.4 is 0 Å². The molecule has 0 aliphatic rings. The lowest BCUT2D eigenvalue weighted by Crippen LogP contribution is -2.14. The van der Waals surface area contributed by atoms with E-state index in [1.807, 2.05) is 30.3 Å². The summed E-state index contributed by atoms with van der Waals surface area (Å²) in [6.45, 7) is 3.50. The highest BCUT2D eigenvalue weighted by Gasteiger charge is 2.09. The molecule has 0 heterocycles. The number of hydrogen-bond acceptors (Lipinski definition) is 3. The zero-order chi connectivity index (χ0) is 12.7. The first kappa shape index (κ1) is 13.2. The molecule has 1 rings (SSSR count). The Hall–Kier alpha value is -1.90. The van der Waals surface area contributed by atoms with Gasteiger partial charge in [-0.15, -0.1) is 0 Å². The minimum absolute atomic E-state index is 0.187. The average molecular weight is 232 g/mol. The van der Waals surface area contributed by atoms with Gasteiger partial charge in [-0.3, -0.25) is 9.59 Å². The number of rotatable bonds is 5. The molecule has 3 nitrogen and oxygen atoms in total. The number of carbonyl (C=O) groups is 2. The van der Waals surface area contributed by atoms with Crippen LogP contribution in [0.5, 0.6) is 0 Å². The van der Waals surface area contributed by atoms with Crippen molar-refractivity contribution in [3.05, 3.63) is 42.0 Å². The van der Waals surface area contributed by atoms with Crippen LogP contribution in [0.2, 0.25) is 0 Å². The molecule has 17 heavy (non-hydrogen) atoms. The Bertz CT molecular complexity index is 405. The summed E-state index contributed by atoms with van der Waals surface area (Å²) in [6.07, 6.45) is 2.69.